The van der Waals surface area contributed by atoms with Crippen molar-refractivity contribution in [2.45, 2.75) is 46.1 Å². The van der Waals surface area contributed by atoms with E-state index in [9.17, 15) is 9.59 Å². The number of hydrogen-bond donors (Lipinski definition) is 1. The average Bonchev–Trinajstić information content (AvgIpc) is 3.26. The highest BCUT2D eigenvalue weighted by molar-refractivity contribution is 6.00. The van der Waals surface area contributed by atoms with Gasteiger partial charge in [-0.05, 0) is 23.6 Å². The zero-order chi connectivity index (χ0) is 18.7. The summed E-state index contributed by atoms with van der Waals surface area (Å²) in [6.07, 6.45) is 0.866. The van der Waals surface area contributed by atoms with Gasteiger partial charge in [0.15, 0.2) is 0 Å². The number of carbonyl (C=O) groups is 2. The molecule has 2 aromatic rings. The van der Waals surface area contributed by atoms with Gasteiger partial charge >= 0.3 is 0 Å². The molecule has 2 amide bonds. The fraction of sp³-hybridized carbons (Fsp3) is 0.474. The van der Waals surface area contributed by atoms with Crippen molar-refractivity contribution in [2.24, 2.45) is 5.92 Å². The number of nitrogens with zero attached hydrogens (tertiary/aromatic N) is 3. The zero-order valence-corrected chi connectivity index (χ0v) is 15.4. The van der Waals surface area contributed by atoms with Gasteiger partial charge in [-0.25, -0.2) is 0 Å². The van der Waals surface area contributed by atoms with Crippen LogP contribution in [-0.4, -0.2) is 28.6 Å². The number of aryl methyl sites for hydroxylation is 1. The normalized spacial score (nSPS) is 17.2. The summed E-state index contributed by atoms with van der Waals surface area (Å²) in [5.74, 6) is 0.780. The van der Waals surface area contributed by atoms with Crippen molar-refractivity contribution >= 4 is 17.5 Å². The van der Waals surface area contributed by atoms with Crippen molar-refractivity contribution in [3.63, 3.8) is 0 Å². The Bertz CT molecular complexity index is 782. The molecule has 1 unspecified atom stereocenters. The predicted octanol–water partition coefficient (Wildman–Crippen LogP) is 2.42. The molecule has 0 radical (unpaired) electrons. The molecule has 2 heterocycles. The zero-order valence-electron chi connectivity index (χ0n) is 15.4. The van der Waals surface area contributed by atoms with Crippen LogP contribution in [0.15, 0.2) is 28.7 Å². The smallest absolute Gasteiger partial charge is 0.235 e. The Labute approximate surface area is 152 Å². The number of hydrogen-bond acceptors (Lipinski definition) is 5. The largest absolute Gasteiger partial charge is 0.423 e. The van der Waals surface area contributed by atoms with Gasteiger partial charge < -0.3 is 14.6 Å². The quantitative estimate of drug-likeness (QED) is 0.859. The number of rotatable bonds is 6. The van der Waals surface area contributed by atoms with Crippen LogP contribution in [0.2, 0.25) is 0 Å². The molecule has 0 aliphatic carbocycles. The number of benzene rings is 1. The number of carbonyl (C=O) groups excluding carboxylic acids is 2. The van der Waals surface area contributed by atoms with E-state index < -0.39 is 0 Å². The second-order valence-electron chi connectivity index (χ2n) is 6.81. The topological polar surface area (TPSA) is 88.3 Å². The lowest BCUT2D eigenvalue weighted by atomic mass is 10.0. The summed E-state index contributed by atoms with van der Waals surface area (Å²) in [6.45, 7) is 6.74. The van der Waals surface area contributed by atoms with Crippen molar-refractivity contribution < 1.29 is 14.0 Å². The van der Waals surface area contributed by atoms with Crippen LogP contribution < -0.4 is 10.2 Å². The number of aromatic nitrogens is 2. The van der Waals surface area contributed by atoms with Crippen LogP contribution in [-0.2, 0) is 22.6 Å². The molecule has 0 bridgehead atoms. The summed E-state index contributed by atoms with van der Waals surface area (Å²) >= 11 is 0. The molecule has 1 aromatic heterocycles. The lowest BCUT2D eigenvalue weighted by Gasteiger charge is -2.17. The molecule has 1 fully saturated rings. The van der Waals surface area contributed by atoms with Gasteiger partial charge in [0.1, 0.15) is 0 Å². The van der Waals surface area contributed by atoms with Gasteiger partial charge in [0.05, 0.1) is 12.5 Å². The number of amides is 2. The van der Waals surface area contributed by atoms with Crippen molar-refractivity contribution in [1.82, 2.24) is 15.5 Å². The Morgan fingerprint density at radius 1 is 1.27 bits per heavy atom. The van der Waals surface area contributed by atoms with Gasteiger partial charge in [0, 0.05) is 25.1 Å². The summed E-state index contributed by atoms with van der Waals surface area (Å²) < 4.78 is 5.37. The molecule has 1 saturated heterocycles. The minimum Gasteiger partial charge on any atom is -0.423 e. The van der Waals surface area contributed by atoms with Gasteiger partial charge in [-0.1, -0.05) is 32.9 Å². The van der Waals surface area contributed by atoms with E-state index in [-0.39, 0.29) is 30.7 Å². The molecule has 7 nitrogen and oxygen atoms in total. The van der Waals surface area contributed by atoms with E-state index in [1.54, 1.807) is 4.90 Å². The van der Waals surface area contributed by atoms with E-state index in [1.807, 2.05) is 31.2 Å². The second kappa shape index (κ2) is 7.68. The van der Waals surface area contributed by atoms with Gasteiger partial charge in [-0.2, -0.15) is 0 Å². The first-order valence-electron chi connectivity index (χ1n) is 8.97. The predicted molar refractivity (Wildman–Crippen MR) is 96.5 cm³/mol. The van der Waals surface area contributed by atoms with Crippen molar-refractivity contribution in [3.05, 3.63) is 41.6 Å². The molecule has 1 aliphatic rings. The summed E-state index contributed by atoms with van der Waals surface area (Å²) in [5, 5.41) is 10.5. The van der Waals surface area contributed by atoms with Gasteiger partial charge in [0.25, 0.3) is 0 Å². The second-order valence-corrected chi connectivity index (χ2v) is 6.81. The molecule has 0 saturated carbocycles. The summed E-state index contributed by atoms with van der Waals surface area (Å²) in [6, 6.07) is 7.94. The lowest BCUT2D eigenvalue weighted by molar-refractivity contribution is -0.126. The molecule has 138 valence electrons. The van der Waals surface area contributed by atoms with E-state index in [2.05, 4.69) is 29.4 Å². The average molecular weight is 356 g/mol. The third-order valence-corrected chi connectivity index (χ3v) is 4.59. The number of anilines is 1. The van der Waals surface area contributed by atoms with E-state index in [0.717, 1.165) is 5.69 Å². The van der Waals surface area contributed by atoms with Crippen molar-refractivity contribution in [2.75, 3.05) is 11.4 Å². The van der Waals surface area contributed by atoms with Crippen LogP contribution in [0.1, 0.15) is 50.5 Å². The Balaban J connectivity index is 1.58. The molecule has 1 aliphatic heterocycles. The van der Waals surface area contributed by atoms with Crippen LogP contribution in [0.5, 0.6) is 0 Å². The molecule has 7 heteroatoms. The van der Waals surface area contributed by atoms with E-state index in [1.165, 1.54) is 5.56 Å². The first-order chi connectivity index (χ1) is 12.5. The van der Waals surface area contributed by atoms with E-state index in [0.29, 0.717) is 30.7 Å². The van der Waals surface area contributed by atoms with Crippen molar-refractivity contribution in [1.29, 1.82) is 0 Å². The highest BCUT2D eigenvalue weighted by Crippen LogP contribution is 2.27. The Morgan fingerprint density at radius 2 is 1.96 bits per heavy atom. The molecule has 3 rings (SSSR count). The summed E-state index contributed by atoms with van der Waals surface area (Å²) in [4.78, 5) is 26.4. The van der Waals surface area contributed by atoms with Crippen LogP contribution >= 0.6 is 0 Å². The fourth-order valence-corrected chi connectivity index (χ4v) is 2.98. The van der Waals surface area contributed by atoms with Crippen LogP contribution in [0, 0.1) is 5.92 Å². The van der Waals surface area contributed by atoms with Gasteiger partial charge in [-0.15, -0.1) is 10.2 Å². The SMILES string of the molecule is CCc1nnc(CNC(=O)C2CC(=O)N(c3ccc(C(C)C)cc3)C2)o1. The third-order valence-electron chi connectivity index (χ3n) is 4.59. The standard InChI is InChI=1S/C19H24N4O3/c1-4-16-21-22-17(26-16)10-20-19(25)14-9-18(24)23(11-14)15-7-5-13(6-8-15)12(2)3/h5-8,12,14H,4,9-11H2,1-3H3,(H,20,25). The minimum absolute atomic E-state index is 0.0338. The monoisotopic (exact) mass is 356 g/mol. The first kappa shape index (κ1) is 18.1. The third kappa shape index (κ3) is 3.92. The molecular formula is C19H24N4O3. The molecule has 26 heavy (non-hydrogen) atoms. The molecule has 1 N–H and O–H groups in total. The van der Waals surface area contributed by atoms with Gasteiger partial charge in [-0.3, -0.25) is 9.59 Å². The van der Waals surface area contributed by atoms with Gasteiger partial charge in [0.2, 0.25) is 23.6 Å². The van der Waals surface area contributed by atoms with Crippen molar-refractivity contribution in [3.8, 4) is 0 Å². The van der Waals surface area contributed by atoms with Crippen LogP contribution in [0.3, 0.4) is 0 Å². The number of nitrogens with one attached hydrogen (secondary N) is 1. The van der Waals surface area contributed by atoms with E-state index in [4.69, 9.17) is 4.42 Å². The maximum Gasteiger partial charge on any atom is 0.235 e. The van der Waals surface area contributed by atoms with Crippen LogP contribution in [0.25, 0.3) is 0 Å². The Hall–Kier alpha value is -2.70. The molecule has 1 aromatic carbocycles. The maximum absolute atomic E-state index is 12.4. The summed E-state index contributed by atoms with van der Waals surface area (Å²) in [5.41, 5.74) is 2.06. The molecule has 0 spiro atoms. The fourth-order valence-electron chi connectivity index (χ4n) is 2.98. The summed E-state index contributed by atoms with van der Waals surface area (Å²) in [7, 11) is 0. The minimum atomic E-state index is -0.374. The Kier molecular flexibility index (Phi) is 5.35. The maximum atomic E-state index is 12.4. The first-order valence-corrected chi connectivity index (χ1v) is 8.97. The highest BCUT2D eigenvalue weighted by Gasteiger charge is 2.35. The highest BCUT2D eigenvalue weighted by atomic mass is 16.4. The molecular weight excluding hydrogens is 332 g/mol. The van der Waals surface area contributed by atoms with Crippen LogP contribution in [0.4, 0.5) is 5.69 Å². The lowest BCUT2D eigenvalue weighted by Crippen LogP contribution is -2.32. The molecule has 1 atom stereocenters. The Morgan fingerprint density at radius 3 is 2.58 bits per heavy atom. The van der Waals surface area contributed by atoms with E-state index >= 15 is 0 Å².